The third kappa shape index (κ3) is 4.58. The van der Waals surface area contributed by atoms with E-state index in [1.807, 2.05) is 60.7 Å². The van der Waals surface area contributed by atoms with E-state index in [9.17, 15) is 0 Å². The summed E-state index contributed by atoms with van der Waals surface area (Å²) in [5.41, 5.74) is 7.68. The summed E-state index contributed by atoms with van der Waals surface area (Å²) in [6.07, 6.45) is 0. The first-order chi connectivity index (χ1) is 27.8. The zero-order valence-corrected chi connectivity index (χ0v) is 30.0. The van der Waals surface area contributed by atoms with Crippen LogP contribution in [0.15, 0.2) is 186 Å². The molecule has 0 N–H and O–H groups in total. The van der Waals surface area contributed by atoms with Gasteiger partial charge in [-0.3, -0.25) is 0 Å². The molecule has 3 heterocycles. The summed E-state index contributed by atoms with van der Waals surface area (Å²) in [5, 5.41) is 12.0. The highest BCUT2D eigenvalue weighted by Crippen LogP contribution is 2.41. The topological polar surface area (TPSA) is 56.7 Å². The van der Waals surface area contributed by atoms with Gasteiger partial charge in [0.1, 0.15) is 11.2 Å². The van der Waals surface area contributed by atoms with Gasteiger partial charge in [-0.25, -0.2) is 15.0 Å². The van der Waals surface area contributed by atoms with Crippen LogP contribution in [0, 0.1) is 0 Å². The Hall–Kier alpha value is -7.63. The molecule has 0 amide bonds. The van der Waals surface area contributed by atoms with Gasteiger partial charge in [0, 0.05) is 43.9 Å². The Morgan fingerprint density at radius 1 is 0.357 bits per heavy atom. The van der Waals surface area contributed by atoms with Crippen molar-refractivity contribution in [3.63, 3.8) is 0 Å². The lowest BCUT2D eigenvalue weighted by atomic mass is 9.94. The van der Waals surface area contributed by atoms with Crippen molar-refractivity contribution in [2.24, 2.45) is 0 Å². The summed E-state index contributed by atoms with van der Waals surface area (Å²) in [7, 11) is 0. The molecule has 56 heavy (non-hydrogen) atoms. The lowest BCUT2D eigenvalue weighted by Gasteiger charge is -2.12. The third-order valence-corrected chi connectivity index (χ3v) is 11.2. The van der Waals surface area contributed by atoms with Crippen LogP contribution in [0.25, 0.3) is 116 Å². The van der Waals surface area contributed by atoms with Crippen LogP contribution in [-0.4, -0.2) is 19.5 Å². The minimum atomic E-state index is 0.597. The predicted molar refractivity (Wildman–Crippen MR) is 230 cm³/mol. The van der Waals surface area contributed by atoms with Gasteiger partial charge in [-0.15, -0.1) is 0 Å². The van der Waals surface area contributed by atoms with Gasteiger partial charge in [-0.1, -0.05) is 146 Å². The molecule has 5 nitrogen and oxygen atoms in total. The lowest BCUT2D eigenvalue weighted by Crippen LogP contribution is -2.01. The van der Waals surface area contributed by atoms with E-state index in [2.05, 4.69) is 126 Å². The van der Waals surface area contributed by atoms with Crippen LogP contribution in [0.2, 0.25) is 0 Å². The maximum Gasteiger partial charge on any atom is 0.164 e. The van der Waals surface area contributed by atoms with E-state index in [1.165, 1.54) is 43.1 Å². The van der Waals surface area contributed by atoms with Crippen LogP contribution in [-0.2, 0) is 0 Å². The number of nitrogens with zero attached hydrogens (tertiary/aromatic N) is 4. The number of para-hydroxylation sites is 2. The molecule has 0 fully saturated rings. The fourth-order valence-corrected chi connectivity index (χ4v) is 8.74. The first-order valence-electron chi connectivity index (χ1n) is 18.9. The van der Waals surface area contributed by atoms with Crippen LogP contribution in [0.4, 0.5) is 0 Å². The van der Waals surface area contributed by atoms with Crippen molar-refractivity contribution in [1.29, 1.82) is 0 Å². The summed E-state index contributed by atoms with van der Waals surface area (Å²) in [6, 6.07) is 63.9. The largest absolute Gasteiger partial charge is 0.456 e. The van der Waals surface area contributed by atoms with Gasteiger partial charge in [-0.05, 0) is 68.7 Å². The highest BCUT2D eigenvalue weighted by Gasteiger charge is 2.20. The molecule has 0 saturated heterocycles. The summed E-state index contributed by atoms with van der Waals surface area (Å²) < 4.78 is 8.64. The first-order valence-corrected chi connectivity index (χ1v) is 18.9. The van der Waals surface area contributed by atoms with Crippen molar-refractivity contribution in [1.82, 2.24) is 19.5 Å². The zero-order chi connectivity index (χ0) is 36.7. The van der Waals surface area contributed by atoms with Crippen molar-refractivity contribution in [3.8, 4) is 39.9 Å². The summed E-state index contributed by atoms with van der Waals surface area (Å²) in [4.78, 5) is 15.4. The normalized spacial score (nSPS) is 11.9. The number of benzene rings is 9. The van der Waals surface area contributed by atoms with Crippen molar-refractivity contribution in [3.05, 3.63) is 182 Å². The Morgan fingerprint density at radius 3 is 1.91 bits per heavy atom. The molecule has 0 bridgehead atoms. The molecule has 0 radical (unpaired) electrons. The molecule has 3 aromatic heterocycles. The van der Waals surface area contributed by atoms with Crippen molar-refractivity contribution < 1.29 is 4.42 Å². The van der Waals surface area contributed by atoms with E-state index in [4.69, 9.17) is 19.4 Å². The minimum absolute atomic E-state index is 0.597. The molecule has 5 heteroatoms. The highest BCUT2D eigenvalue weighted by molar-refractivity contribution is 6.29. The Labute approximate surface area is 320 Å². The molecule has 0 aliphatic rings. The van der Waals surface area contributed by atoms with E-state index < -0.39 is 0 Å². The lowest BCUT2D eigenvalue weighted by molar-refractivity contribution is 0.669. The van der Waals surface area contributed by atoms with Gasteiger partial charge in [0.2, 0.25) is 0 Å². The van der Waals surface area contributed by atoms with E-state index in [0.29, 0.717) is 17.5 Å². The highest BCUT2D eigenvalue weighted by atomic mass is 16.3. The van der Waals surface area contributed by atoms with Crippen LogP contribution in [0.1, 0.15) is 0 Å². The number of hydrogen-bond donors (Lipinski definition) is 0. The molecule has 0 atom stereocenters. The van der Waals surface area contributed by atoms with Gasteiger partial charge < -0.3 is 8.98 Å². The molecule has 0 spiro atoms. The fraction of sp³-hybridized carbons (Fsp3) is 0. The van der Waals surface area contributed by atoms with E-state index in [1.54, 1.807) is 0 Å². The molecule has 0 saturated carbocycles. The molecule has 0 aliphatic carbocycles. The van der Waals surface area contributed by atoms with Crippen LogP contribution >= 0.6 is 0 Å². The summed E-state index contributed by atoms with van der Waals surface area (Å²) >= 11 is 0. The molecule has 0 aliphatic heterocycles. The van der Waals surface area contributed by atoms with Crippen LogP contribution in [0.3, 0.4) is 0 Å². The third-order valence-electron chi connectivity index (χ3n) is 11.2. The zero-order valence-electron chi connectivity index (χ0n) is 30.0. The standard InChI is InChI=1S/C51H30N4O/c1-2-13-33(14-3-1)49-52-50(54-51(53-49)41-20-11-23-45-48(41)40-19-7-9-22-44(40)56-45)34-15-10-16-35(30-34)55-42-21-8-6-18-39(42)47-38-27-26-32-25-24-31-12-4-5-17-36(31)46(32)37(38)28-29-43(47)55/h1-30H. The smallest absolute Gasteiger partial charge is 0.164 e. The SMILES string of the molecule is c1ccc(-c2nc(-c3cccc(-n4c5ccccc5c5c6ccc7ccc8ccccc8c7c6ccc54)c3)nc(-c3cccc4oc5ccccc5c34)n2)cc1. The molecule has 9 aromatic carbocycles. The average molecular weight is 715 g/mol. The molecular formula is C51H30N4O. The second kappa shape index (κ2) is 11.9. The van der Waals surface area contributed by atoms with Crippen molar-refractivity contribution in [2.45, 2.75) is 0 Å². The van der Waals surface area contributed by atoms with E-state index in [0.717, 1.165) is 55.3 Å². The predicted octanol–water partition coefficient (Wildman–Crippen LogP) is 13.3. The maximum absolute atomic E-state index is 6.26. The van der Waals surface area contributed by atoms with Gasteiger partial charge in [0.25, 0.3) is 0 Å². The number of hydrogen-bond acceptors (Lipinski definition) is 4. The molecule has 12 aromatic rings. The molecule has 260 valence electrons. The minimum Gasteiger partial charge on any atom is -0.456 e. The quantitative estimate of drug-likeness (QED) is 0.170. The van der Waals surface area contributed by atoms with E-state index >= 15 is 0 Å². The van der Waals surface area contributed by atoms with Gasteiger partial charge >= 0.3 is 0 Å². The van der Waals surface area contributed by atoms with E-state index in [-0.39, 0.29) is 0 Å². The summed E-state index contributed by atoms with van der Waals surface area (Å²) in [6.45, 7) is 0. The Morgan fingerprint density at radius 2 is 1.00 bits per heavy atom. The van der Waals surface area contributed by atoms with Gasteiger partial charge in [-0.2, -0.15) is 0 Å². The fourth-order valence-electron chi connectivity index (χ4n) is 8.74. The van der Waals surface area contributed by atoms with Crippen molar-refractivity contribution in [2.75, 3.05) is 0 Å². The Balaban J connectivity index is 1.09. The molecule has 12 rings (SSSR count). The average Bonchev–Trinajstić information content (AvgIpc) is 3.82. The monoisotopic (exact) mass is 714 g/mol. The second-order valence-electron chi connectivity index (χ2n) is 14.4. The number of fused-ring (bicyclic) bond motifs is 12. The number of furan rings is 1. The molecule has 0 unspecified atom stereocenters. The van der Waals surface area contributed by atoms with Gasteiger partial charge in [0.15, 0.2) is 17.5 Å². The Bertz CT molecular complexity index is 3540. The molecular weight excluding hydrogens is 685 g/mol. The summed E-state index contributed by atoms with van der Waals surface area (Å²) in [5.74, 6) is 1.81. The maximum atomic E-state index is 6.26. The number of rotatable bonds is 4. The Kier molecular flexibility index (Phi) is 6.56. The number of aromatic nitrogens is 4. The van der Waals surface area contributed by atoms with Gasteiger partial charge in [0.05, 0.1) is 11.0 Å². The second-order valence-corrected chi connectivity index (χ2v) is 14.4. The van der Waals surface area contributed by atoms with Crippen LogP contribution in [0.5, 0.6) is 0 Å². The van der Waals surface area contributed by atoms with Crippen LogP contribution < -0.4 is 0 Å². The van der Waals surface area contributed by atoms with Crippen molar-refractivity contribution >= 4 is 76.1 Å². The first kappa shape index (κ1) is 30.8.